The zero-order chi connectivity index (χ0) is 8.27. The summed E-state index contributed by atoms with van der Waals surface area (Å²) >= 11 is 0. The molecule has 0 saturated heterocycles. The van der Waals surface area contributed by atoms with Gasteiger partial charge in [-0.15, -0.1) is 17.0 Å². The fourth-order valence-corrected chi connectivity index (χ4v) is 0.997. The van der Waals surface area contributed by atoms with Crippen LogP contribution in [0.25, 0.3) is 0 Å². The lowest BCUT2D eigenvalue weighted by atomic mass is 10.2. The van der Waals surface area contributed by atoms with Crippen molar-refractivity contribution in [2.24, 2.45) is 7.05 Å². The van der Waals surface area contributed by atoms with Gasteiger partial charge < -0.3 is 0 Å². The van der Waals surface area contributed by atoms with Crippen molar-refractivity contribution in [3.8, 4) is 0 Å². The minimum atomic E-state index is 0. The maximum absolute atomic E-state index is 10.8. The monoisotopic (exact) mass is 230 g/mol. The topological polar surface area (TPSA) is 20.9 Å². The summed E-state index contributed by atoms with van der Waals surface area (Å²) in [6.07, 6.45) is 2.47. The molecule has 2 nitrogen and oxygen atoms in total. The molecule has 0 unspecified atom stereocenters. The SMILES string of the molecule is Br.CC(=O)Cc1cccc[n+]1C. The molecule has 0 aromatic carbocycles. The molecule has 0 aliphatic carbocycles. The largest absolute Gasteiger partial charge is 0.299 e. The first-order valence-electron chi connectivity index (χ1n) is 3.63. The molecule has 0 aliphatic heterocycles. The molecule has 0 spiro atoms. The van der Waals surface area contributed by atoms with E-state index in [0.29, 0.717) is 6.42 Å². The Hall–Kier alpha value is -0.700. The molecule has 0 fully saturated rings. The molecule has 12 heavy (non-hydrogen) atoms. The molecular formula is C9H13BrNO+. The third-order valence-electron chi connectivity index (χ3n) is 1.59. The number of hydrogen-bond donors (Lipinski definition) is 0. The summed E-state index contributed by atoms with van der Waals surface area (Å²) in [4.78, 5) is 10.8. The van der Waals surface area contributed by atoms with Crippen LogP contribution in [0.1, 0.15) is 12.6 Å². The van der Waals surface area contributed by atoms with Crippen LogP contribution >= 0.6 is 17.0 Å². The van der Waals surface area contributed by atoms with Gasteiger partial charge in [0.2, 0.25) is 0 Å². The van der Waals surface area contributed by atoms with Gasteiger partial charge in [-0.2, -0.15) is 0 Å². The van der Waals surface area contributed by atoms with Gasteiger partial charge >= 0.3 is 0 Å². The van der Waals surface area contributed by atoms with E-state index in [2.05, 4.69) is 0 Å². The number of halogens is 1. The van der Waals surface area contributed by atoms with E-state index in [9.17, 15) is 4.79 Å². The van der Waals surface area contributed by atoms with Gasteiger partial charge in [0.25, 0.3) is 0 Å². The number of aryl methyl sites for hydroxylation is 1. The van der Waals surface area contributed by atoms with Crippen LogP contribution in [0.3, 0.4) is 0 Å². The molecule has 0 aliphatic rings. The number of carbonyl (C=O) groups is 1. The number of nitrogens with zero attached hydrogens (tertiary/aromatic N) is 1. The summed E-state index contributed by atoms with van der Waals surface area (Å²) < 4.78 is 1.96. The zero-order valence-corrected chi connectivity index (χ0v) is 8.99. The van der Waals surface area contributed by atoms with Crippen LogP contribution in [-0.4, -0.2) is 5.78 Å². The highest BCUT2D eigenvalue weighted by Crippen LogP contribution is 1.92. The molecule has 1 aromatic rings. The van der Waals surface area contributed by atoms with Crippen molar-refractivity contribution in [3.05, 3.63) is 30.1 Å². The molecule has 66 valence electrons. The molecule has 0 radical (unpaired) electrons. The number of carbonyl (C=O) groups excluding carboxylic acids is 1. The van der Waals surface area contributed by atoms with E-state index < -0.39 is 0 Å². The first kappa shape index (κ1) is 11.3. The number of rotatable bonds is 2. The van der Waals surface area contributed by atoms with Crippen LogP contribution in [-0.2, 0) is 18.3 Å². The first-order valence-corrected chi connectivity index (χ1v) is 3.63. The summed E-state index contributed by atoms with van der Waals surface area (Å²) in [6.45, 7) is 1.60. The molecule has 0 bridgehead atoms. The average molecular weight is 231 g/mol. The smallest absolute Gasteiger partial charge is 0.188 e. The van der Waals surface area contributed by atoms with E-state index in [1.165, 1.54) is 0 Å². The average Bonchev–Trinajstić information content (AvgIpc) is 1.93. The highest BCUT2D eigenvalue weighted by atomic mass is 79.9. The summed E-state index contributed by atoms with van der Waals surface area (Å²) in [6, 6.07) is 5.85. The lowest BCUT2D eigenvalue weighted by molar-refractivity contribution is -0.678. The molecule has 0 saturated carbocycles. The van der Waals surface area contributed by atoms with Crippen molar-refractivity contribution in [2.75, 3.05) is 0 Å². The minimum Gasteiger partial charge on any atom is -0.299 e. The second kappa shape index (κ2) is 5.04. The van der Waals surface area contributed by atoms with Crippen molar-refractivity contribution in [3.63, 3.8) is 0 Å². The summed E-state index contributed by atoms with van der Waals surface area (Å²) in [5.74, 6) is 0.201. The molecule has 0 amide bonds. The predicted molar refractivity (Wildman–Crippen MR) is 52.3 cm³/mol. The van der Waals surface area contributed by atoms with Gasteiger partial charge in [0.05, 0.1) is 6.42 Å². The third-order valence-corrected chi connectivity index (χ3v) is 1.59. The molecule has 1 rings (SSSR count). The normalized spacial score (nSPS) is 8.83. The molecular weight excluding hydrogens is 218 g/mol. The lowest BCUT2D eigenvalue weighted by Crippen LogP contribution is -2.33. The Labute approximate surface area is 83.0 Å². The van der Waals surface area contributed by atoms with Gasteiger partial charge in [-0.05, 0) is 6.92 Å². The number of ketones is 1. The Kier molecular flexibility index (Phi) is 4.74. The van der Waals surface area contributed by atoms with E-state index in [-0.39, 0.29) is 22.8 Å². The minimum absolute atomic E-state index is 0. The fraction of sp³-hybridized carbons (Fsp3) is 0.333. The van der Waals surface area contributed by atoms with Gasteiger partial charge in [0, 0.05) is 12.1 Å². The van der Waals surface area contributed by atoms with E-state index in [0.717, 1.165) is 5.69 Å². The van der Waals surface area contributed by atoms with Crippen molar-refractivity contribution < 1.29 is 9.36 Å². The van der Waals surface area contributed by atoms with Crippen LogP contribution in [0, 0.1) is 0 Å². The molecule has 1 aromatic heterocycles. The highest BCUT2D eigenvalue weighted by molar-refractivity contribution is 8.93. The maximum atomic E-state index is 10.8. The van der Waals surface area contributed by atoms with Crippen LogP contribution in [0.2, 0.25) is 0 Å². The lowest BCUT2D eigenvalue weighted by Gasteiger charge is -1.94. The third kappa shape index (κ3) is 3.13. The highest BCUT2D eigenvalue weighted by Gasteiger charge is 2.05. The molecule has 1 heterocycles. The van der Waals surface area contributed by atoms with Crippen LogP contribution in [0.4, 0.5) is 0 Å². The second-order valence-electron chi connectivity index (χ2n) is 2.68. The van der Waals surface area contributed by atoms with Crippen molar-refractivity contribution >= 4 is 22.8 Å². The molecule has 0 N–H and O–H groups in total. The summed E-state index contributed by atoms with van der Waals surface area (Å²) in [5.41, 5.74) is 1.06. The number of pyridine rings is 1. The van der Waals surface area contributed by atoms with Crippen LogP contribution in [0.5, 0.6) is 0 Å². The Bertz CT molecular complexity index is 273. The Morgan fingerprint density at radius 3 is 2.67 bits per heavy atom. The van der Waals surface area contributed by atoms with Crippen molar-refractivity contribution in [1.29, 1.82) is 0 Å². The van der Waals surface area contributed by atoms with Crippen molar-refractivity contribution in [1.82, 2.24) is 0 Å². The quantitative estimate of drug-likeness (QED) is 0.701. The van der Waals surface area contributed by atoms with E-state index in [1.54, 1.807) is 6.92 Å². The zero-order valence-electron chi connectivity index (χ0n) is 7.28. The molecule has 0 atom stereocenters. The standard InChI is InChI=1S/C9H12NO.BrH/c1-8(11)7-9-5-3-4-6-10(9)2;/h3-6H,7H2,1-2H3;1H/q+1;. The van der Waals surface area contributed by atoms with Crippen LogP contribution in [0.15, 0.2) is 24.4 Å². The Morgan fingerprint density at radius 1 is 1.50 bits per heavy atom. The number of hydrogen-bond acceptors (Lipinski definition) is 1. The second-order valence-corrected chi connectivity index (χ2v) is 2.68. The van der Waals surface area contributed by atoms with Gasteiger partial charge in [-0.3, -0.25) is 4.79 Å². The van der Waals surface area contributed by atoms with E-state index in [4.69, 9.17) is 0 Å². The Balaban J connectivity index is 0.00000121. The van der Waals surface area contributed by atoms with Gasteiger partial charge in [0.1, 0.15) is 12.8 Å². The number of aromatic nitrogens is 1. The number of Topliss-reactive ketones (excluding diaryl/α,β-unsaturated/α-hetero) is 1. The molecule has 3 heteroatoms. The summed E-state index contributed by atoms with van der Waals surface area (Å²) in [7, 11) is 1.94. The van der Waals surface area contributed by atoms with Gasteiger partial charge in [-0.1, -0.05) is 6.07 Å². The fourth-order valence-electron chi connectivity index (χ4n) is 0.997. The first-order chi connectivity index (χ1) is 5.20. The van der Waals surface area contributed by atoms with E-state index >= 15 is 0 Å². The predicted octanol–water partition coefficient (Wildman–Crippen LogP) is 1.22. The summed E-state index contributed by atoms with van der Waals surface area (Å²) in [5, 5.41) is 0. The maximum Gasteiger partial charge on any atom is 0.188 e. The Morgan fingerprint density at radius 2 is 2.17 bits per heavy atom. The van der Waals surface area contributed by atoms with Crippen LogP contribution < -0.4 is 4.57 Å². The van der Waals surface area contributed by atoms with Gasteiger partial charge in [0.15, 0.2) is 11.9 Å². The van der Waals surface area contributed by atoms with E-state index in [1.807, 2.05) is 36.0 Å². The van der Waals surface area contributed by atoms with Gasteiger partial charge in [-0.25, -0.2) is 4.57 Å². The van der Waals surface area contributed by atoms with Crippen molar-refractivity contribution in [2.45, 2.75) is 13.3 Å².